The highest BCUT2D eigenvalue weighted by atomic mass is 15.1. The maximum absolute atomic E-state index is 5.68. The van der Waals surface area contributed by atoms with Gasteiger partial charge in [0, 0.05) is 6.04 Å². The summed E-state index contributed by atoms with van der Waals surface area (Å²) < 4.78 is 0. The zero-order chi connectivity index (χ0) is 8.10. The zero-order valence-corrected chi connectivity index (χ0v) is 7.55. The molecule has 0 bridgehead atoms. The average molecular weight is 156 g/mol. The van der Waals surface area contributed by atoms with E-state index < -0.39 is 0 Å². The van der Waals surface area contributed by atoms with Crippen molar-refractivity contribution in [2.24, 2.45) is 5.73 Å². The highest BCUT2D eigenvalue weighted by Gasteiger charge is 2.09. The molecule has 2 nitrogen and oxygen atoms in total. The van der Waals surface area contributed by atoms with Crippen molar-refractivity contribution in [2.75, 3.05) is 19.6 Å². The van der Waals surface area contributed by atoms with Crippen molar-refractivity contribution < 1.29 is 0 Å². The molecule has 11 heavy (non-hydrogen) atoms. The summed E-state index contributed by atoms with van der Waals surface area (Å²) in [4.78, 5) is 2.53. The van der Waals surface area contributed by atoms with E-state index in [1.54, 1.807) is 0 Å². The van der Waals surface area contributed by atoms with Crippen LogP contribution in [-0.4, -0.2) is 30.6 Å². The summed E-state index contributed by atoms with van der Waals surface area (Å²) in [5.41, 5.74) is 5.68. The Balaban J connectivity index is 2.05. The van der Waals surface area contributed by atoms with E-state index in [1.807, 2.05) is 0 Å². The van der Waals surface area contributed by atoms with Gasteiger partial charge in [0.2, 0.25) is 0 Å². The summed E-state index contributed by atoms with van der Waals surface area (Å²) in [7, 11) is 0. The molecule has 2 N–H and O–H groups in total. The number of rotatable bonds is 3. The Morgan fingerprint density at radius 1 is 1.27 bits per heavy atom. The molecule has 0 aliphatic carbocycles. The van der Waals surface area contributed by atoms with Gasteiger partial charge in [0.1, 0.15) is 0 Å². The van der Waals surface area contributed by atoms with Gasteiger partial charge < -0.3 is 10.6 Å². The second-order valence-corrected chi connectivity index (χ2v) is 3.67. The van der Waals surface area contributed by atoms with E-state index in [2.05, 4.69) is 11.8 Å². The molecule has 1 saturated heterocycles. The molecule has 1 fully saturated rings. The quantitative estimate of drug-likeness (QED) is 0.665. The van der Waals surface area contributed by atoms with Crippen molar-refractivity contribution >= 4 is 0 Å². The second kappa shape index (κ2) is 4.73. The van der Waals surface area contributed by atoms with Crippen LogP contribution in [0, 0.1) is 0 Å². The van der Waals surface area contributed by atoms with E-state index >= 15 is 0 Å². The van der Waals surface area contributed by atoms with Gasteiger partial charge in [-0.3, -0.25) is 0 Å². The molecule has 0 aromatic carbocycles. The van der Waals surface area contributed by atoms with Gasteiger partial charge >= 0.3 is 0 Å². The second-order valence-electron chi connectivity index (χ2n) is 3.67. The van der Waals surface area contributed by atoms with E-state index in [4.69, 9.17) is 5.73 Å². The third-order valence-corrected chi connectivity index (χ3v) is 2.35. The predicted molar refractivity (Wildman–Crippen MR) is 48.6 cm³/mol. The maximum Gasteiger partial charge on any atom is 0.00226 e. The molecule has 1 rings (SSSR count). The largest absolute Gasteiger partial charge is 0.328 e. The van der Waals surface area contributed by atoms with Crippen LogP contribution >= 0.6 is 0 Å². The number of nitrogens with zero attached hydrogens (tertiary/aromatic N) is 1. The van der Waals surface area contributed by atoms with Crippen molar-refractivity contribution in [3.8, 4) is 0 Å². The van der Waals surface area contributed by atoms with Crippen molar-refractivity contribution in [3.05, 3.63) is 0 Å². The number of hydrogen-bond acceptors (Lipinski definition) is 2. The molecule has 1 unspecified atom stereocenters. The van der Waals surface area contributed by atoms with Gasteiger partial charge in [0.05, 0.1) is 0 Å². The molecular weight excluding hydrogens is 136 g/mol. The highest BCUT2D eigenvalue weighted by Crippen LogP contribution is 2.08. The summed E-state index contributed by atoms with van der Waals surface area (Å²) >= 11 is 0. The molecule has 1 aliphatic heterocycles. The van der Waals surface area contributed by atoms with Gasteiger partial charge in [0.25, 0.3) is 0 Å². The van der Waals surface area contributed by atoms with Gasteiger partial charge in [-0.25, -0.2) is 0 Å². The fraction of sp³-hybridized carbons (Fsp3) is 1.00. The van der Waals surface area contributed by atoms with E-state index in [1.165, 1.54) is 38.9 Å². The fourth-order valence-corrected chi connectivity index (χ4v) is 1.57. The van der Waals surface area contributed by atoms with Crippen molar-refractivity contribution in [1.29, 1.82) is 0 Å². The first-order chi connectivity index (χ1) is 5.29. The summed E-state index contributed by atoms with van der Waals surface area (Å²) in [5.74, 6) is 0. The molecule has 0 saturated carbocycles. The van der Waals surface area contributed by atoms with E-state index in [9.17, 15) is 0 Å². The molecule has 66 valence electrons. The maximum atomic E-state index is 5.68. The molecule has 1 heterocycles. The Labute approximate surface area is 69.8 Å². The molecule has 1 aliphatic rings. The third kappa shape index (κ3) is 3.73. The fourth-order valence-electron chi connectivity index (χ4n) is 1.57. The van der Waals surface area contributed by atoms with E-state index in [0.29, 0.717) is 6.04 Å². The van der Waals surface area contributed by atoms with Crippen LogP contribution in [0.1, 0.15) is 32.6 Å². The van der Waals surface area contributed by atoms with Crippen LogP contribution in [0.5, 0.6) is 0 Å². The first-order valence-corrected chi connectivity index (χ1v) is 4.77. The summed E-state index contributed by atoms with van der Waals surface area (Å²) in [5, 5.41) is 0. The summed E-state index contributed by atoms with van der Waals surface area (Å²) in [6.45, 7) is 5.89. The Bertz CT molecular complexity index is 95.7. The Kier molecular flexibility index (Phi) is 3.87. The van der Waals surface area contributed by atoms with Crippen molar-refractivity contribution in [2.45, 2.75) is 38.6 Å². The summed E-state index contributed by atoms with van der Waals surface area (Å²) in [6, 6.07) is 0.372. The smallest absolute Gasteiger partial charge is 0.00226 e. The highest BCUT2D eigenvalue weighted by molar-refractivity contribution is 4.66. The Morgan fingerprint density at radius 2 is 1.91 bits per heavy atom. The van der Waals surface area contributed by atoms with Gasteiger partial charge in [-0.1, -0.05) is 6.42 Å². The van der Waals surface area contributed by atoms with Gasteiger partial charge in [-0.2, -0.15) is 0 Å². The topological polar surface area (TPSA) is 29.3 Å². The zero-order valence-electron chi connectivity index (χ0n) is 7.55. The monoisotopic (exact) mass is 156 g/mol. The lowest BCUT2D eigenvalue weighted by Crippen LogP contribution is -2.33. The lowest BCUT2D eigenvalue weighted by Gasteiger charge is -2.26. The van der Waals surface area contributed by atoms with Crippen LogP contribution in [0.15, 0.2) is 0 Å². The average Bonchev–Trinajstić information content (AvgIpc) is 2.03. The van der Waals surface area contributed by atoms with Gasteiger partial charge in [-0.15, -0.1) is 0 Å². The van der Waals surface area contributed by atoms with E-state index in [0.717, 1.165) is 6.42 Å². The van der Waals surface area contributed by atoms with Gasteiger partial charge in [-0.05, 0) is 45.8 Å². The third-order valence-electron chi connectivity index (χ3n) is 2.35. The molecule has 0 amide bonds. The minimum atomic E-state index is 0.372. The minimum absolute atomic E-state index is 0.372. The lowest BCUT2D eigenvalue weighted by molar-refractivity contribution is 0.222. The van der Waals surface area contributed by atoms with Crippen LogP contribution in [0.3, 0.4) is 0 Å². The van der Waals surface area contributed by atoms with Crippen molar-refractivity contribution in [3.63, 3.8) is 0 Å². The number of hydrogen-bond donors (Lipinski definition) is 1. The molecule has 0 radical (unpaired) electrons. The van der Waals surface area contributed by atoms with Gasteiger partial charge in [0.15, 0.2) is 0 Å². The van der Waals surface area contributed by atoms with Crippen LogP contribution in [0.25, 0.3) is 0 Å². The first kappa shape index (κ1) is 9.01. The molecule has 2 heteroatoms. The summed E-state index contributed by atoms with van der Waals surface area (Å²) in [6.07, 6.45) is 5.35. The number of likely N-dealkylation sites (tertiary alicyclic amines) is 1. The Hall–Kier alpha value is -0.0800. The SMILES string of the molecule is CC(N)CCN1CCCCC1. The van der Waals surface area contributed by atoms with Crippen LogP contribution in [0.4, 0.5) is 0 Å². The minimum Gasteiger partial charge on any atom is -0.328 e. The standard InChI is InChI=1S/C9H20N2/c1-9(10)5-8-11-6-3-2-4-7-11/h9H,2-8,10H2,1H3. The van der Waals surface area contributed by atoms with Crippen molar-refractivity contribution in [1.82, 2.24) is 4.90 Å². The predicted octanol–water partition coefficient (Wildman–Crippen LogP) is 1.21. The molecule has 0 aromatic rings. The van der Waals surface area contributed by atoms with Crippen LogP contribution in [0.2, 0.25) is 0 Å². The lowest BCUT2D eigenvalue weighted by atomic mass is 10.1. The van der Waals surface area contributed by atoms with E-state index in [-0.39, 0.29) is 0 Å². The molecule has 1 atom stereocenters. The molecular formula is C9H20N2. The number of nitrogens with two attached hydrogens (primary N) is 1. The molecule has 0 spiro atoms. The Morgan fingerprint density at radius 3 is 2.45 bits per heavy atom. The van der Waals surface area contributed by atoms with Crippen LogP contribution in [-0.2, 0) is 0 Å². The first-order valence-electron chi connectivity index (χ1n) is 4.77. The number of piperidine rings is 1. The molecule has 0 aromatic heterocycles. The van der Waals surface area contributed by atoms with Crippen LogP contribution < -0.4 is 5.73 Å². The normalized spacial score (nSPS) is 23.5.